The van der Waals surface area contributed by atoms with E-state index in [0.717, 1.165) is 32.1 Å². The molecule has 0 amide bonds. The Kier molecular flexibility index (Phi) is 6.80. The first kappa shape index (κ1) is 25.4. The zero-order valence-electron chi connectivity index (χ0n) is 21.2. The lowest BCUT2D eigenvalue weighted by Gasteiger charge is -2.61. The molecule has 0 aromatic heterocycles. The van der Waals surface area contributed by atoms with Crippen molar-refractivity contribution in [3.05, 3.63) is 24.5 Å². The number of Topliss-reactive ketones (excluding diaryl/α,β-unsaturated/α-hetero) is 1. The summed E-state index contributed by atoms with van der Waals surface area (Å²) in [5.74, 6) is 0.0493. The van der Waals surface area contributed by atoms with Crippen molar-refractivity contribution in [1.82, 2.24) is 0 Å². The monoisotopic (exact) mass is 474 g/mol. The fraction of sp³-hybridized carbons (Fsp3) is 0.786. The van der Waals surface area contributed by atoms with Crippen LogP contribution >= 0.6 is 0 Å². The second-order valence-electron chi connectivity index (χ2n) is 11.9. The lowest BCUT2D eigenvalue weighted by molar-refractivity contribution is -0.208. The van der Waals surface area contributed by atoms with Crippen molar-refractivity contribution in [3.63, 3.8) is 0 Å². The van der Waals surface area contributed by atoms with Gasteiger partial charge < -0.3 is 19.7 Å². The molecule has 3 saturated carbocycles. The second kappa shape index (κ2) is 9.09. The zero-order valence-corrected chi connectivity index (χ0v) is 21.2. The summed E-state index contributed by atoms with van der Waals surface area (Å²) >= 11 is 0. The standard InChI is InChI=1S/C28H42O6/c1-6-26(4)15-22(34-23(31)16-33-21-10-8-7-9-19(21)29)27(5)17(2)11-13-28(18(3)25(26)32)14-12-20(30)24(27)28/h6,10,17-19,22,24-25,29,32H,1,7-9,11-16H2,2-5H3/t17-,18+,19?,22-,24+,25+,26-,27+,28+/m1/s1. The van der Waals surface area contributed by atoms with Crippen LogP contribution in [0.15, 0.2) is 24.5 Å². The normalized spacial score (nSPS) is 46.5. The van der Waals surface area contributed by atoms with E-state index in [2.05, 4.69) is 27.4 Å². The van der Waals surface area contributed by atoms with Gasteiger partial charge in [-0.25, -0.2) is 4.79 Å². The molecule has 0 saturated heterocycles. The number of aliphatic hydroxyl groups excluding tert-OH is 2. The van der Waals surface area contributed by atoms with Gasteiger partial charge in [0.2, 0.25) is 0 Å². The van der Waals surface area contributed by atoms with Gasteiger partial charge >= 0.3 is 5.97 Å². The fourth-order valence-corrected chi connectivity index (χ4v) is 7.83. The van der Waals surface area contributed by atoms with Crippen LogP contribution in [0.2, 0.25) is 0 Å². The number of ether oxygens (including phenoxy) is 2. The van der Waals surface area contributed by atoms with Crippen molar-refractivity contribution in [3.8, 4) is 0 Å². The molecule has 4 rings (SSSR count). The van der Waals surface area contributed by atoms with Crippen LogP contribution in [0.1, 0.15) is 79.1 Å². The third-order valence-electron chi connectivity index (χ3n) is 10.3. The highest BCUT2D eigenvalue weighted by atomic mass is 16.6. The van der Waals surface area contributed by atoms with Gasteiger partial charge in [-0.1, -0.05) is 33.8 Å². The van der Waals surface area contributed by atoms with E-state index >= 15 is 0 Å². The van der Waals surface area contributed by atoms with Crippen LogP contribution in [0, 0.1) is 34.0 Å². The van der Waals surface area contributed by atoms with Gasteiger partial charge in [-0.2, -0.15) is 0 Å². The zero-order chi connectivity index (χ0) is 24.9. The summed E-state index contributed by atoms with van der Waals surface area (Å²) < 4.78 is 11.8. The van der Waals surface area contributed by atoms with E-state index in [9.17, 15) is 19.8 Å². The maximum atomic E-state index is 13.4. The predicted molar refractivity (Wildman–Crippen MR) is 129 cm³/mol. The van der Waals surface area contributed by atoms with E-state index in [-0.39, 0.29) is 35.6 Å². The molecule has 190 valence electrons. The van der Waals surface area contributed by atoms with E-state index in [1.54, 1.807) is 6.08 Å². The van der Waals surface area contributed by atoms with Crippen LogP contribution in [0.25, 0.3) is 0 Å². The average Bonchev–Trinajstić information content (AvgIpc) is 3.17. The first-order chi connectivity index (χ1) is 16.0. The Balaban J connectivity index is 1.67. The molecule has 34 heavy (non-hydrogen) atoms. The van der Waals surface area contributed by atoms with Crippen LogP contribution in [0.4, 0.5) is 0 Å². The molecule has 0 aromatic rings. The van der Waals surface area contributed by atoms with Crippen molar-refractivity contribution in [2.75, 3.05) is 6.61 Å². The minimum Gasteiger partial charge on any atom is -0.484 e. The lowest BCUT2D eigenvalue weighted by Crippen LogP contribution is -2.63. The molecule has 4 aliphatic carbocycles. The summed E-state index contributed by atoms with van der Waals surface area (Å²) in [6.07, 6.45) is 7.59. The smallest absolute Gasteiger partial charge is 0.344 e. The van der Waals surface area contributed by atoms with Crippen molar-refractivity contribution in [2.24, 2.45) is 34.0 Å². The van der Waals surface area contributed by atoms with E-state index in [4.69, 9.17) is 9.47 Å². The van der Waals surface area contributed by atoms with Crippen molar-refractivity contribution in [1.29, 1.82) is 0 Å². The fourth-order valence-electron chi connectivity index (χ4n) is 7.83. The predicted octanol–water partition coefficient (Wildman–Crippen LogP) is 4.34. The van der Waals surface area contributed by atoms with Gasteiger partial charge in [0.25, 0.3) is 0 Å². The molecule has 6 nitrogen and oxygen atoms in total. The molecule has 6 heteroatoms. The van der Waals surface area contributed by atoms with Crippen molar-refractivity contribution >= 4 is 11.8 Å². The number of rotatable bonds is 5. The highest BCUT2D eigenvalue weighted by molar-refractivity contribution is 5.85. The molecule has 2 N–H and O–H groups in total. The number of allylic oxidation sites excluding steroid dienone is 1. The Morgan fingerprint density at radius 3 is 2.65 bits per heavy atom. The third-order valence-corrected chi connectivity index (χ3v) is 10.3. The minimum absolute atomic E-state index is 0.0570. The summed E-state index contributed by atoms with van der Waals surface area (Å²) in [7, 11) is 0. The van der Waals surface area contributed by atoms with Gasteiger partial charge in [0.05, 0.1) is 6.10 Å². The number of esters is 1. The number of aliphatic hydroxyl groups is 2. The highest BCUT2D eigenvalue weighted by Crippen LogP contribution is 2.67. The van der Waals surface area contributed by atoms with Crippen LogP contribution in [0.5, 0.6) is 0 Å². The Morgan fingerprint density at radius 1 is 1.24 bits per heavy atom. The van der Waals surface area contributed by atoms with Crippen LogP contribution in [-0.2, 0) is 19.1 Å². The number of hydrogen-bond acceptors (Lipinski definition) is 6. The van der Waals surface area contributed by atoms with E-state index in [1.807, 2.05) is 13.0 Å². The summed E-state index contributed by atoms with van der Waals surface area (Å²) in [5.41, 5.74) is -1.49. The average molecular weight is 475 g/mol. The van der Waals surface area contributed by atoms with E-state index in [0.29, 0.717) is 25.0 Å². The van der Waals surface area contributed by atoms with Gasteiger partial charge in [-0.3, -0.25) is 4.79 Å². The van der Waals surface area contributed by atoms with E-state index < -0.39 is 35.1 Å². The summed E-state index contributed by atoms with van der Waals surface area (Å²) in [6, 6.07) is 0. The van der Waals surface area contributed by atoms with E-state index in [1.165, 1.54) is 0 Å². The maximum Gasteiger partial charge on any atom is 0.344 e. The molecule has 3 fully saturated rings. The van der Waals surface area contributed by atoms with Gasteiger partial charge in [-0.05, 0) is 68.3 Å². The molecule has 4 aliphatic rings. The van der Waals surface area contributed by atoms with Crippen molar-refractivity contribution in [2.45, 2.75) is 97.4 Å². The quantitative estimate of drug-likeness (QED) is 0.455. The number of carbonyl (C=O) groups excluding carboxylic acids is 2. The summed E-state index contributed by atoms with van der Waals surface area (Å²) in [6.45, 7) is 12.1. The lowest BCUT2D eigenvalue weighted by atomic mass is 9.44. The Morgan fingerprint density at radius 2 is 1.97 bits per heavy atom. The molecule has 0 radical (unpaired) electrons. The third kappa shape index (κ3) is 3.85. The first-order valence-corrected chi connectivity index (χ1v) is 13.0. The Hall–Kier alpha value is -1.66. The SMILES string of the molecule is C=C[C@]1(C)C[C@@H](OC(=O)COC2=CCCCC2O)[C@]2(C)[C@H](C)CC[C@]3(CCC(=O)[C@H]32)[C@@H](C)[C@@H]1O. The number of ketones is 1. The number of carbonyl (C=O) groups is 2. The summed E-state index contributed by atoms with van der Waals surface area (Å²) in [4.78, 5) is 26.5. The largest absolute Gasteiger partial charge is 0.484 e. The van der Waals surface area contributed by atoms with Gasteiger partial charge in [0.15, 0.2) is 6.61 Å². The number of hydrogen-bond donors (Lipinski definition) is 2. The molecule has 9 atom stereocenters. The van der Waals surface area contributed by atoms with Gasteiger partial charge in [-0.15, -0.1) is 6.58 Å². The highest BCUT2D eigenvalue weighted by Gasteiger charge is 2.68. The van der Waals surface area contributed by atoms with Gasteiger partial charge in [0.1, 0.15) is 23.8 Å². The second-order valence-corrected chi connectivity index (χ2v) is 11.9. The van der Waals surface area contributed by atoms with Gasteiger partial charge in [0, 0.05) is 23.2 Å². The molecule has 0 aromatic carbocycles. The Bertz CT molecular complexity index is 865. The minimum atomic E-state index is -0.684. The topological polar surface area (TPSA) is 93.1 Å². The van der Waals surface area contributed by atoms with Crippen LogP contribution < -0.4 is 0 Å². The van der Waals surface area contributed by atoms with Crippen molar-refractivity contribution < 1.29 is 29.3 Å². The molecule has 2 bridgehead atoms. The molecule has 0 heterocycles. The molecular weight excluding hydrogens is 432 g/mol. The first-order valence-electron chi connectivity index (χ1n) is 13.0. The van der Waals surface area contributed by atoms with Crippen LogP contribution in [0.3, 0.4) is 0 Å². The molecular formula is C28H42O6. The maximum absolute atomic E-state index is 13.4. The summed E-state index contributed by atoms with van der Waals surface area (Å²) in [5, 5.41) is 21.7. The molecule has 1 unspecified atom stereocenters. The molecule has 0 aliphatic heterocycles. The van der Waals surface area contributed by atoms with Crippen LogP contribution in [-0.4, -0.2) is 46.9 Å². The molecule has 0 spiro atoms. The Labute approximate surface area is 203 Å².